The maximum atomic E-state index is 12.5. The van der Waals surface area contributed by atoms with Crippen molar-refractivity contribution in [2.75, 3.05) is 13.6 Å². The fourth-order valence-corrected chi connectivity index (χ4v) is 4.24. The number of rotatable bonds is 6. The number of likely N-dealkylation sites (N-methyl/N-ethyl adjacent to an activating group) is 1. The second-order valence-corrected chi connectivity index (χ2v) is 7.70. The van der Waals surface area contributed by atoms with E-state index >= 15 is 0 Å². The Bertz CT molecular complexity index is 805. The molecule has 2 N–H and O–H groups in total. The van der Waals surface area contributed by atoms with Crippen molar-refractivity contribution in [1.82, 2.24) is 25.9 Å². The second-order valence-electron chi connectivity index (χ2n) is 7.70. The molecule has 1 saturated carbocycles. The number of nitrogens with one attached hydrogen (secondary N) is 2. The first-order valence-electron chi connectivity index (χ1n) is 9.75. The topological polar surface area (TPSA) is 83.3 Å². The van der Waals surface area contributed by atoms with E-state index in [1.165, 1.54) is 19.3 Å². The third kappa shape index (κ3) is 3.89. The minimum absolute atomic E-state index is 0.105. The minimum Gasteiger partial charge on any atom is -0.344 e. The van der Waals surface area contributed by atoms with Crippen LogP contribution in [-0.4, -0.2) is 46.6 Å². The lowest BCUT2D eigenvalue weighted by Gasteiger charge is -2.24. The Labute approximate surface area is 159 Å². The molecule has 3 atom stereocenters. The summed E-state index contributed by atoms with van der Waals surface area (Å²) >= 11 is 0. The van der Waals surface area contributed by atoms with Crippen LogP contribution in [0.1, 0.15) is 37.1 Å². The van der Waals surface area contributed by atoms with Gasteiger partial charge in [0.05, 0.1) is 0 Å². The molecule has 1 aliphatic heterocycles. The number of aromatic nitrogens is 2. The SMILES string of the molecule is Cc1ccccc1-c1noc(CCC(=O)N(C)CC2NNC3CCCC32)n1. The maximum absolute atomic E-state index is 12.5. The molecule has 2 fully saturated rings. The molecule has 4 rings (SSSR count). The molecule has 1 aromatic heterocycles. The van der Waals surface area contributed by atoms with E-state index in [0.717, 1.165) is 17.7 Å². The first kappa shape index (κ1) is 18.1. The van der Waals surface area contributed by atoms with Crippen LogP contribution in [0.2, 0.25) is 0 Å². The molecule has 7 heteroatoms. The Morgan fingerprint density at radius 3 is 3.00 bits per heavy atom. The van der Waals surface area contributed by atoms with Gasteiger partial charge in [0.1, 0.15) is 0 Å². The molecule has 0 spiro atoms. The van der Waals surface area contributed by atoms with Gasteiger partial charge in [-0.1, -0.05) is 35.8 Å². The molecule has 2 heterocycles. The van der Waals surface area contributed by atoms with E-state index in [2.05, 4.69) is 21.0 Å². The summed E-state index contributed by atoms with van der Waals surface area (Å²) in [7, 11) is 1.87. The Morgan fingerprint density at radius 2 is 2.15 bits per heavy atom. The first-order valence-corrected chi connectivity index (χ1v) is 9.75. The van der Waals surface area contributed by atoms with Gasteiger partial charge in [-0.05, 0) is 31.2 Å². The number of hydrogen-bond donors (Lipinski definition) is 2. The number of amides is 1. The van der Waals surface area contributed by atoms with Gasteiger partial charge in [-0.2, -0.15) is 4.98 Å². The molecule has 2 aromatic rings. The number of fused-ring (bicyclic) bond motifs is 1. The van der Waals surface area contributed by atoms with Crippen molar-refractivity contribution in [3.63, 3.8) is 0 Å². The van der Waals surface area contributed by atoms with E-state index in [1.54, 1.807) is 0 Å². The van der Waals surface area contributed by atoms with E-state index in [1.807, 2.05) is 43.1 Å². The van der Waals surface area contributed by atoms with E-state index in [9.17, 15) is 4.79 Å². The van der Waals surface area contributed by atoms with Crippen molar-refractivity contribution in [3.8, 4) is 11.4 Å². The number of hydrogen-bond acceptors (Lipinski definition) is 6. The Balaban J connectivity index is 1.30. The summed E-state index contributed by atoms with van der Waals surface area (Å²) < 4.78 is 5.34. The fourth-order valence-electron chi connectivity index (χ4n) is 4.24. The smallest absolute Gasteiger partial charge is 0.227 e. The zero-order chi connectivity index (χ0) is 18.8. The lowest BCUT2D eigenvalue weighted by atomic mass is 9.97. The van der Waals surface area contributed by atoms with Crippen molar-refractivity contribution in [1.29, 1.82) is 0 Å². The van der Waals surface area contributed by atoms with Crippen LogP contribution in [0.25, 0.3) is 11.4 Å². The number of aryl methyl sites for hydroxylation is 2. The fraction of sp³-hybridized carbons (Fsp3) is 0.550. The number of hydrazine groups is 1. The molecule has 0 radical (unpaired) electrons. The normalized spacial score (nSPS) is 24.1. The monoisotopic (exact) mass is 369 g/mol. The highest BCUT2D eigenvalue weighted by atomic mass is 16.5. The van der Waals surface area contributed by atoms with Crippen LogP contribution in [0.5, 0.6) is 0 Å². The van der Waals surface area contributed by atoms with Gasteiger partial charge < -0.3 is 9.42 Å². The highest BCUT2D eigenvalue weighted by Crippen LogP contribution is 2.31. The Kier molecular flexibility index (Phi) is 5.22. The van der Waals surface area contributed by atoms with Gasteiger partial charge in [-0.25, -0.2) is 0 Å². The van der Waals surface area contributed by atoms with Gasteiger partial charge in [0, 0.05) is 44.1 Å². The lowest BCUT2D eigenvalue weighted by Crippen LogP contribution is -2.43. The van der Waals surface area contributed by atoms with Gasteiger partial charge in [0.15, 0.2) is 0 Å². The maximum Gasteiger partial charge on any atom is 0.227 e. The summed E-state index contributed by atoms with van der Waals surface area (Å²) in [5.41, 5.74) is 8.79. The third-order valence-corrected chi connectivity index (χ3v) is 5.84. The number of carbonyl (C=O) groups excluding carboxylic acids is 1. The predicted octanol–water partition coefficient (Wildman–Crippen LogP) is 2.08. The van der Waals surface area contributed by atoms with E-state index < -0.39 is 0 Å². The molecule has 1 aliphatic carbocycles. The molecular formula is C20H27N5O2. The zero-order valence-corrected chi connectivity index (χ0v) is 15.9. The first-order chi connectivity index (χ1) is 13.1. The predicted molar refractivity (Wildman–Crippen MR) is 102 cm³/mol. The molecule has 3 unspecified atom stereocenters. The van der Waals surface area contributed by atoms with Crippen LogP contribution < -0.4 is 10.9 Å². The highest BCUT2D eigenvalue weighted by Gasteiger charge is 2.39. The summed E-state index contributed by atoms with van der Waals surface area (Å²) in [5, 5.41) is 4.06. The van der Waals surface area contributed by atoms with Crippen molar-refractivity contribution < 1.29 is 9.32 Å². The van der Waals surface area contributed by atoms with Crippen molar-refractivity contribution in [2.45, 2.75) is 51.1 Å². The standard InChI is InChI=1S/C20H27N5O2/c1-13-6-3-4-7-14(13)20-21-18(27-24-20)10-11-19(26)25(2)12-17-15-8-5-9-16(15)22-23-17/h3-4,6-7,15-17,22-23H,5,8-12H2,1-2H3. The Hall–Kier alpha value is -2.25. The largest absolute Gasteiger partial charge is 0.344 e. The summed E-state index contributed by atoms with van der Waals surface area (Å²) in [6.07, 6.45) is 4.58. The summed E-state index contributed by atoms with van der Waals surface area (Å²) in [4.78, 5) is 18.8. The van der Waals surface area contributed by atoms with Crippen LogP contribution in [-0.2, 0) is 11.2 Å². The summed E-state index contributed by atoms with van der Waals surface area (Å²) in [6, 6.07) is 8.83. The van der Waals surface area contributed by atoms with Gasteiger partial charge in [-0.3, -0.25) is 15.6 Å². The quantitative estimate of drug-likeness (QED) is 0.811. The van der Waals surface area contributed by atoms with Gasteiger partial charge in [0.2, 0.25) is 17.6 Å². The molecule has 144 valence electrons. The summed E-state index contributed by atoms with van der Waals surface area (Å²) in [5.74, 6) is 1.82. The van der Waals surface area contributed by atoms with Gasteiger partial charge in [0.25, 0.3) is 0 Å². The van der Waals surface area contributed by atoms with Crippen molar-refractivity contribution >= 4 is 5.91 Å². The second kappa shape index (κ2) is 7.78. The molecule has 1 amide bonds. The molecule has 0 bridgehead atoms. The van der Waals surface area contributed by atoms with Gasteiger partial charge in [-0.15, -0.1) is 0 Å². The van der Waals surface area contributed by atoms with Crippen LogP contribution in [0, 0.1) is 12.8 Å². The number of carbonyl (C=O) groups is 1. The molecule has 1 aromatic carbocycles. The lowest BCUT2D eigenvalue weighted by molar-refractivity contribution is -0.130. The molecule has 2 aliphatic rings. The van der Waals surface area contributed by atoms with Crippen LogP contribution in [0.4, 0.5) is 0 Å². The van der Waals surface area contributed by atoms with E-state index in [-0.39, 0.29) is 5.91 Å². The third-order valence-electron chi connectivity index (χ3n) is 5.84. The molecule has 7 nitrogen and oxygen atoms in total. The Morgan fingerprint density at radius 1 is 1.30 bits per heavy atom. The summed E-state index contributed by atoms with van der Waals surface area (Å²) in [6.45, 7) is 2.75. The average Bonchev–Trinajstić information content (AvgIpc) is 3.38. The van der Waals surface area contributed by atoms with Crippen LogP contribution in [0.3, 0.4) is 0 Å². The van der Waals surface area contributed by atoms with Crippen LogP contribution in [0.15, 0.2) is 28.8 Å². The zero-order valence-electron chi connectivity index (χ0n) is 15.9. The molecule has 27 heavy (non-hydrogen) atoms. The molecule has 1 saturated heterocycles. The minimum atomic E-state index is 0.105. The van der Waals surface area contributed by atoms with E-state index in [4.69, 9.17) is 4.52 Å². The number of nitrogens with zero attached hydrogens (tertiary/aromatic N) is 3. The van der Waals surface area contributed by atoms with Crippen molar-refractivity contribution in [3.05, 3.63) is 35.7 Å². The van der Waals surface area contributed by atoms with E-state index in [0.29, 0.717) is 42.6 Å². The van der Waals surface area contributed by atoms with Crippen molar-refractivity contribution in [2.24, 2.45) is 5.92 Å². The van der Waals surface area contributed by atoms with Crippen LogP contribution >= 0.6 is 0 Å². The average molecular weight is 369 g/mol. The van der Waals surface area contributed by atoms with Gasteiger partial charge >= 0.3 is 0 Å². The highest BCUT2D eigenvalue weighted by molar-refractivity contribution is 5.76. The number of benzene rings is 1. The molecular weight excluding hydrogens is 342 g/mol.